The molecule has 4 heterocycles. The number of benzene rings is 1. The number of halogens is 3. The Morgan fingerprint density at radius 2 is 2.06 bits per heavy atom. The van der Waals surface area contributed by atoms with E-state index in [0.717, 1.165) is 23.1 Å². The van der Waals surface area contributed by atoms with Crippen molar-refractivity contribution in [3.8, 4) is 0 Å². The maximum atomic E-state index is 14.4. The number of ether oxygens (including phenoxy) is 1. The topological polar surface area (TPSA) is 136 Å². The molecule has 4 N–H and O–H groups in total. The van der Waals surface area contributed by atoms with E-state index in [-0.39, 0.29) is 54.3 Å². The van der Waals surface area contributed by atoms with Crippen LogP contribution in [0, 0.1) is 11.6 Å². The number of amides is 1. The lowest BCUT2D eigenvalue weighted by Crippen LogP contribution is -2.51. The van der Waals surface area contributed by atoms with Gasteiger partial charge in [-0.05, 0) is 18.2 Å². The summed E-state index contributed by atoms with van der Waals surface area (Å²) in [5, 5.41) is 29.8. The first kappa shape index (κ1) is 22.5. The van der Waals surface area contributed by atoms with Crippen LogP contribution in [0.25, 0.3) is 11.0 Å². The predicted molar refractivity (Wildman–Crippen MR) is 112 cm³/mol. The Morgan fingerprint density at radius 3 is 2.88 bits per heavy atom. The van der Waals surface area contributed by atoms with Gasteiger partial charge in [-0.3, -0.25) is 9.89 Å². The van der Waals surface area contributed by atoms with Gasteiger partial charge in [-0.25, -0.2) is 23.1 Å². The van der Waals surface area contributed by atoms with E-state index in [0.29, 0.717) is 0 Å². The maximum absolute atomic E-state index is 14.4. The van der Waals surface area contributed by atoms with Gasteiger partial charge < -0.3 is 25.2 Å². The fourth-order valence-electron chi connectivity index (χ4n) is 4.42. The number of aromatic nitrogens is 4. The third-order valence-corrected chi connectivity index (χ3v) is 6.11. The second-order valence-corrected chi connectivity index (χ2v) is 8.34. The van der Waals surface area contributed by atoms with E-state index in [1.54, 1.807) is 0 Å². The number of aliphatic hydroxyl groups is 2. The van der Waals surface area contributed by atoms with Crippen molar-refractivity contribution >= 4 is 22.8 Å². The molecule has 0 aliphatic carbocycles. The number of fused-ring (bicyclic) bond motifs is 1. The highest BCUT2D eigenvalue weighted by Gasteiger charge is 2.40. The third-order valence-electron chi connectivity index (χ3n) is 6.11. The summed E-state index contributed by atoms with van der Waals surface area (Å²) in [5.74, 6) is -2.01. The summed E-state index contributed by atoms with van der Waals surface area (Å²) in [6, 6.07) is 1.07. The average molecular weight is 478 g/mol. The van der Waals surface area contributed by atoms with E-state index in [4.69, 9.17) is 4.74 Å². The molecule has 2 fully saturated rings. The molecule has 0 radical (unpaired) electrons. The van der Waals surface area contributed by atoms with Crippen LogP contribution in [0.1, 0.15) is 28.5 Å². The molecule has 0 spiro atoms. The van der Waals surface area contributed by atoms with Crippen molar-refractivity contribution in [2.45, 2.75) is 36.9 Å². The van der Waals surface area contributed by atoms with E-state index in [2.05, 4.69) is 25.5 Å². The number of likely N-dealkylation sites (tertiary alicyclic amines) is 1. The van der Waals surface area contributed by atoms with Crippen LogP contribution in [0.2, 0.25) is 0 Å². The molecule has 2 saturated heterocycles. The van der Waals surface area contributed by atoms with Crippen molar-refractivity contribution in [3.63, 3.8) is 0 Å². The van der Waals surface area contributed by atoms with Crippen LogP contribution >= 0.6 is 0 Å². The van der Waals surface area contributed by atoms with Crippen LogP contribution < -0.4 is 5.32 Å². The lowest BCUT2D eigenvalue weighted by Gasteiger charge is -2.32. The Balaban J connectivity index is 1.50. The molecule has 0 unspecified atom stereocenters. The number of aliphatic hydroxyl groups excluding tert-OH is 2. The van der Waals surface area contributed by atoms with Gasteiger partial charge in [0.2, 0.25) is 0 Å². The minimum atomic E-state index is -1.43. The van der Waals surface area contributed by atoms with Crippen molar-refractivity contribution in [1.29, 1.82) is 0 Å². The Kier molecular flexibility index (Phi) is 5.83. The van der Waals surface area contributed by atoms with Crippen LogP contribution in [0.15, 0.2) is 24.5 Å². The summed E-state index contributed by atoms with van der Waals surface area (Å²) in [5.41, 5.74) is -0.0822. The second-order valence-electron chi connectivity index (χ2n) is 8.34. The van der Waals surface area contributed by atoms with E-state index >= 15 is 0 Å². The van der Waals surface area contributed by atoms with Crippen molar-refractivity contribution in [3.05, 3.63) is 47.4 Å². The number of aromatic amines is 1. The highest BCUT2D eigenvalue weighted by atomic mass is 19.1. The normalized spacial score (nSPS) is 27.3. The van der Waals surface area contributed by atoms with Gasteiger partial charge >= 0.3 is 0 Å². The summed E-state index contributed by atoms with van der Waals surface area (Å²) >= 11 is 0. The molecule has 3 aromatic rings. The van der Waals surface area contributed by atoms with Crippen molar-refractivity contribution < 1.29 is 32.9 Å². The quantitative estimate of drug-likeness (QED) is 0.438. The van der Waals surface area contributed by atoms with Gasteiger partial charge in [-0.15, -0.1) is 0 Å². The summed E-state index contributed by atoms with van der Waals surface area (Å²) < 4.78 is 47.9. The Morgan fingerprint density at radius 1 is 1.24 bits per heavy atom. The molecule has 1 aromatic carbocycles. The predicted octanol–water partition coefficient (Wildman–Crippen LogP) is 1.09. The van der Waals surface area contributed by atoms with E-state index < -0.39 is 48.0 Å². The number of hydrogen-bond acceptors (Lipinski definition) is 8. The molecule has 0 saturated carbocycles. The number of carbonyl (C=O) groups excluding carboxylic acids is 1. The number of nitrogens with zero attached hydrogens (tertiary/aromatic N) is 4. The van der Waals surface area contributed by atoms with Gasteiger partial charge in [0.15, 0.2) is 5.65 Å². The Bertz CT molecular complexity index is 1230. The van der Waals surface area contributed by atoms with Gasteiger partial charge in [0.25, 0.3) is 5.91 Å². The van der Waals surface area contributed by atoms with E-state index in [1.807, 2.05) is 0 Å². The smallest absolute Gasteiger partial charge is 0.273 e. The summed E-state index contributed by atoms with van der Waals surface area (Å²) in [6.07, 6.45) is -2.69. The number of H-pyrrole nitrogens is 1. The SMILES string of the molecule is O=C(c1[nH]nc2ncnc(N[C@@H]3COC[C@@H](O)[C@H]3O)c12)N1C[C@@H](F)C[C@@H]1c1cc(F)ccc1F. The van der Waals surface area contributed by atoms with Gasteiger partial charge in [0, 0.05) is 12.0 Å². The van der Waals surface area contributed by atoms with Crippen LogP contribution in [-0.2, 0) is 4.74 Å². The monoisotopic (exact) mass is 478 g/mol. The standard InChI is InChI=1S/C21H21F3N6O4/c22-9-1-2-12(24)11(3-9)14-4-10(23)5-30(14)21(33)17-16-19(25-8-26-20(16)29-28-17)27-13-6-34-7-15(31)18(13)32/h1-3,8,10,13-15,18,31-32H,4-7H2,(H2,25,26,27,28,29)/t10-,13+,14+,15+,18-/m0/s1. The van der Waals surface area contributed by atoms with Crippen molar-refractivity contribution in [2.24, 2.45) is 0 Å². The molecule has 180 valence electrons. The van der Waals surface area contributed by atoms with Crippen LogP contribution in [-0.4, -0.2) is 85.4 Å². The molecule has 1 amide bonds. The third kappa shape index (κ3) is 3.95. The first-order valence-electron chi connectivity index (χ1n) is 10.6. The van der Waals surface area contributed by atoms with E-state index in [9.17, 15) is 28.2 Å². The molecule has 10 nitrogen and oxygen atoms in total. The molecule has 5 atom stereocenters. The molecule has 2 aromatic heterocycles. The highest BCUT2D eigenvalue weighted by molar-refractivity contribution is 6.07. The minimum absolute atomic E-state index is 0.0225. The molecule has 5 rings (SSSR count). The molecule has 13 heteroatoms. The molecule has 0 bridgehead atoms. The number of alkyl halides is 1. The van der Waals surface area contributed by atoms with Gasteiger partial charge in [-0.2, -0.15) is 5.10 Å². The zero-order valence-electron chi connectivity index (χ0n) is 17.7. The number of hydrogen-bond donors (Lipinski definition) is 4. The minimum Gasteiger partial charge on any atom is -0.388 e. The van der Waals surface area contributed by atoms with Crippen molar-refractivity contribution in [1.82, 2.24) is 25.1 Å². The van der Waals surface area contributed by atoms with Crippen LogP contribution in [0.3, 0.4) is 0 Å². The Labute approximate surface area is 190 Å². The second kappa shape index (κ2) is 8.81. The highest BCUT2D eigenvalue weighted by Crippen LogP contribution is 2.37. The molecule has 34 heavy (non-hydrogen) atoms. The Hall–Kier alpha value is -3.29. The number of carbonyl (C=O) groups is 1. The largest absolute Gasteiger partial charge is 0.388 e. The van der Waals surface area contributed by atoms with Gasteiger partial charge in [-0.1, -0.05) is 0 Å². The first-order valence-corrected chi connectivity index (χ1v) is 10.6. The number of anilines is 1. The summed E-state index contributed by atoms with van der Waals surface area (Å²) in [4.78, 5) is 22.8. The fourth-order valence-corrected chi connectivity index (χ4v) is 4.42. The van der Waals surface area contributed by atoms with Crippen LogP contribution in [0.5, 0.6) is 0 Å². The fraction of sp³-hybridized carbons (Fsp3) is 0.429. The average Bonchev–Trinajstić information content (AvgIpc) is 3.42. The van der Waals surface area contributed by atoms with Crippen molar-refractivity contribution in [2.75, 3.05) is 25.1 Å². The molecule has 2 aliphatic rings. The number of rotatable bonds is 4. The van der Waals surface area contributed by atoms with Gasteiger partial charge in [0.05, 0.1) is 37.2 Å². The van der Waals surface area contributed by atoms with Crippen LogP contribution in [0.4, 0.5) is 19.0 Å². The maximum Gasteiger partial charge on any atom is 0.273 e. The summed E-state index contributed by atoms with van der Waals surface area (Å²) in [6.45, 7) is -0.273. The first-order chi connectivity index (χ1) is 16.3. The molecular formula is C21H21F3N6O4. The van der Waals surface area contributed by atoms with E-state index in [1.165, 1.54) is 6.33 Å². The lowest BCUT2D eigenvalue weighted by molar-refractivity contribution is -0.0923. The zero-order valence-corrected chi connectivity index (χ0v) is 17.7. The van der Waals surface area contributed by atoms with Gasteiger partial charge in [0.1, 0.15) is 47.9 Å². The number of nitrogens with one attached hydrogen (secondary N) is 2. The zero-order chi connectivity index (χ0) is 24.0. The summed E-state index contributed by atoms with van der Waals surface area (Å²) in [7, 11) is 0. The molecular weight excluding hydrogens is 457 g/mol. The lowest BCUT2D eigenvalue weighted by atomic mass is 10.0. The molecule has 2 aliphatic heterocycles.